The van der Waals surface area contributed by atoms with E-state index in [2.05, 4.69) is 31.1 Å². The molecule has 4 aromatic rings. The Bertz CT molecular complexity index is 1150. The molecule has 0 unspecified atom stereocenters. The Morgan fingerprint density at radius 2 is 1.61 bits per heavy atom. The second-order valence-electron chi connectivity index (χ2n) is 6.37. The predicted molar refractivity (Wildman–Crippen MR) is 118 cm³/mol. The maximum atomic E-state index is 12.1. The summed E-state index contributed by atoms with van der Waals surface area (Å²) in [6.07, 6.45) is 4.38. The number of nitrogens with two attached hydrogens (primary N) is 1. The van der Waals surface area contributed by atoms with E-state index < -0.39 is 0 Å². The summed E-state index contributed by atoms with van der Waals surface area (Å²) in [5.74, 6) is 1.75. The first-order valence-corrected chi connectivity index (χ1v) is 9.36. The quantitative estimate of drug-likeness (QED) is 0.337. The molecule has 0 spiro atoms. The van der Waals surface area contributed by atoms with Crippen LogP contribution >= 0.6 is 0 Å². The van der Waals surface area contributed by atoms with Crippen LogP contribution in [0.4, 0.5) is 23.0 Å². The average Bonchev–Trinajstić information content (AvgIpc) is 2.82. The molecule has 0 aliphatic carbocycles. The number of ether oxygens (including phenoxy) is 1. The lowest BCUT2D eigenvalue weighted by atomic mass is 10.3. The molecule has 1 amide bonds. The van der Waals surface area contributed by atoms with Crippen molar-refractivity contribution in [2.75, 3.05) is 16.5 Å². The fourth-order valence-electron chi connectivity index (χ4n) is 2.65. The van der Waals surface area contributed by atoms with Crippen LogP contribution in [0.3, 0.4) is 0 Å². The molecule has 5 N–H and O–H groups in total. The Kier molecular flexibility index (Phi) is 5.85. The molecule has 0 aliphatic rings. The molecule has 0 saturated heterocycles. The highest BCUT2D eigenvalue weighted by atomic mass is 16.5. The SMILES string of the molecule is Nc1c(NNC(=O)c2cccnc2)ncnc1Nc1ccc(Oc2ccccc2)cc1. The third-order valence-electron chi connectivity index (χ3n) is 4.20. The number of aromatic nitrogens is 3. The van der Waals surface area contributed by atoms with Crippen LogP contribution in [0.2, 0.25) is 0 Å². The molecule has 0 fully saturated rings. The molecule has 0 atom stereocenters. The van der Waals surface area contributed by atoms with Crippen LogP contribution in [-0.2, 0) is 0 Å². The van der Waals surface area contributed by atoms with Crippen molar-refractivity contribution in [1.82, 2.24) is 20.4 Å². The van der Waals surface area contributed by atoms with Gasteiger partial charge in [0.25, 0.3) is 5.91 Å². The molecule has 2 aromatic heterocycles. The predicted octanol–water partition coefficient (Wildman–Crippen LogP) is 3.75. The first-order chi connectivity index (χ1) is 15.2. The monoisotopic (exact) mass is 413 g/mol. The van der Waals surface area contributed by atoms with Crippen molar-refractivity contribution in [3.8, 4) is 11.5 Å². The van der Waals surface area contributed by atoms with Crippen molar-refractivity contribution in [2.24, 2.45) is 0 Å². The molecular weight excluding hydrogens is 394 g/mol. The molecular formula is C22H19N7O2. The van der Waals surface area contributed by atoms with Crippen molar-refractivity contribution < 1.29 is 9.53 Å². The number of hydrogen-bond donors (Lipinski definition) is 4. The summed E-state index contributed by atoms with van der Waals surface area (Å²) in [6.45, 7) is 0. The summed E-state index contributed by atoms with van der Waals surface area (Å²) in [7, 11) is 0. The summed E-state index contributed by atoms with van der Waals surface area (Å²) in [5.41, 5.74) is 12.8. The normalized spacial score (nSPS) is 10.2. The third kappa shape index (κ3) is 5.04. The van der Waals surface area contributed by atoms with E-state index in [1.54, 1.807) is 18.3 Å². The lowest BCUT2D eigenvalue weighted by molar-refractivity contribution is 0.0962. The van der Waals surface area contributed by atoms with Crippen molar-refractivity contribution in [1.29, 1.82) is 0 Å². The van der Waals surface area contributed by atoms with Crippen LogP contribution in [0.1, 0.15) is 10.4 Å². The maximum absolute atomic E-state index is 12.1. The molecule has 2 aromatic carbocycles. The van der Waals surface area contributed by atoms with Gasteiger partial charge in [0.1, 0.15) is 23.5 Å². The van der Waals surface area contributed by atoms with Crippen molar-refractivity contribution in [3.63, 3.8) is 0 Å². The van der Waals surface area contributed by atoms with Gasteiger partial charge in [0.2, 0.25) is 0 Å². The second kappa shape index (κ2) is 9.23. The molecule has 0 radical (unpaired) electrons. The highest BCUT2D eigenvalue weighted by Gasteiger charge is 2.11. The van der Waals surface area contributed by atoms with Crippen molar-refractivity contribution >= 4 is 28.9 Å². The van der Waals surface area contributed by atoms with E-state index in [-0.39, 0.29) is 17.4 Å². The van der Waals surface area contributed by atoms with Gasteiger partial charge in [0, 0.05) is 18.1 Å². The topological polar surface area (TPSA) is 127 Å². The lowest BCUT2D eigenvalue weighted by Crippen LogP contribution is -2.30. The number of carbonyl (C=O) groups excluding carboxylic acids is 1. The summed E-state index contributed by atoms with van der Waals surface area (Å²) in [4.78, 5) is 24.3. The van der Waals surface area contributed by atoms with Gasteiger partial charge in [-0.25, -0.2) is 9.97 Å². The minimum absolute atomic E-state index is 0.249. The third-order valence-corrected chi connectivity index (χ3v) is 4.20. The number of pyridine rings is 1. The molecule has 0 bridgehead atoms. The number of para-hydroxylation sites is 1. The highest BCUT2D eigenvalue weighted by Crippen LogP contribution is 2.27. The van der Waals surface area contributed by atoms with Crippen LogP contribution in [0, 0.1) is 0 Å². The van der Waals surface area contributed by atoms with E-state index in [9.17, 15) is 4.79 Å². The molecule has 154 valence electrons. The Hall–Kier alpha value is -4.66. The number of nitrogens with one attached hydrogen (secondary N) is 3. The van der Waals surface area contributed by atoms with Crippen molar-refractivity contribution in [2.45, 2.75) is 0 Å². The van der Waals surface area contributed by atoms with Gasteiger partial charge in [-0.2, -0.15) is 0 Å². The minimum Gasteiger partial charge on any atom is -0.457 e. The number of carbonyl (C=O) groups is 1. The molecule has 9 heteroatoms. The average molecular weight is 413 g/mol. The molecule has 31 heavy (non-hydrogen) atoms. The van der Waals surface area contributed by atoms with Gasteiger partial charge >= 0.3 is 0 Å². The van der Waals surface area contributed by atoms with E-state index in [0.29, 0.717) is 17.1 Å². The van der Waals surface area contributed by atoms with Crippen LogP contribution < -0.4 is 26.6 Å². The van der Waals surface area contributed by atoms with E-state index in [1.807, 2.05) is 54.6 Å². The highest BCUT2D eigenvalue weighted by molar-refractivity contribution is 5.94. The van der Waals surface area contributed by atoms with Gasteiger partial charge in [-0.05, 0) is 48.5 Å². The standard InChI is InChI=1S/C22H19N7O2/c23-19-20(25-14-26-21(19)28-29-22(30)15-5-4-12-24-13-15)27-16-8-10-18(11-9-16)31-17-6-2-1-3-7-17/h1-14H,23H2,(H,29,30)(H2,25,26,27,28). The summed E-state index contributed by atoms with van der Waals surface area (Å²) < 4.78 is 5.78. The maximum Gasteiger partial charge on any atom is 0.271 e. The number of nitrogen functional groups attached to an aromatic ring is 1. The minimum atomic E-state index is -0.366. The largest absolute Gasteiger partial charge is 0.457 e. The van der Waals surface area contributed by atoms with E-state index >= 15 is 0 Å². The first-order valence-electron chi connectivity index (χ1n) is 9.36. The van der Waals surface area contributed by atoms with Gasteiger partial charge in [-0.3, -0.25) is 20.6 Å². The number of nitrogens with zero attached hydrogens (tertiary/aromatic N) is 3. The van der Waals surface area contributed by atoms with Crippen LogP contribution in [0.15, 0.2) is 85.5 Å². The Labute approximate surface area is 178 Å². The Morgan fingerprint density at radius 3 is 2.35 bits per heavy atom. The second-order valence-corrected chi connectivity index (χ2v) is 6.37. The number of rotatable bonds is 7. The summed E-state index contributed by atoms with van der Waals surface area (Å²) >= 11 is 0. The van der Waals surface area contributed by atoms with E-state index in [4.69, 9.17) is 10.5 Å². The number of hydrogen-bond acceptors (Lipinski definition) is 8. The fourth-order valence-corrected chi connectivity index (χ4v) is 2.65. The van der Waals surface area contributed by atoms with Gasteiger partial charge in [-0.15, -0.1) is 0 Å². The van der Waals surface area contributed by atoms with E-state index in [1.165, 1.54) is 12.5 Å². The lowest BCUT2D eigenvalue weighted by Gasteiger charge is -2.13. The van der Waals surface area contributed by atoms with Crippen molar-refractivity contribution in [3.05, 3.63) is 91.0 Å². The molecule has 9 nitrogen and oxygen atoms in total. The number of anilines is 4. The molecule has 0 aliphatic heterocycles. The van der Waals surface area contributed by atoms with Gasteiger partial charge in [0.05, 0.1) is 5.56 Å². The zero-order chi connectivity index (χ0) is 21.5. The Balaban J connectivity index is 1.40. The van der Waals surface area contributed by atoms with E-state index in [0.717, 1.165) is 11.4 Å². The van der Waals surface area contributed by atoms with Crippen LogP contribution in [-0.4, -0.2) is 20.9 Å². The number of amides is 1. The Morgan fingerprint density at radius 1 is 0.871 bits per heavy atom. The number of benzene rings is 2. The summed E-state index contributed by atoms with van der Waals surface area (Å²) in [5, 5.41) is 3.13. The zero-order valence-corrected chi connectivity index (χ0v) is 16.3. The smallest absolute Gasteiger partial charge is 0.271 e. The molecule has 0 saturated carbocycles. The van der Waals surface area contributed by atoms with Gasteiger partial charge in [0.15, 0.2) is 11.6 Å². The first kappa shape index (κ1) is 19.6. The van der Waals surface area contributed by atoms with Crippen LogP contribution in [0.5, 0.6) is 11.5 Å². The fraction of sp³-hybridized carbons (Fsp3) is 0. The number of hydrazine groups is 1. The summed E-state index contributed by atoms with van der Waals surface area (Å²) in [6, 6.07) is 20.2. The molecule has 2 heterocycles. The van der Waals surface area contributed by atoms with Gasteiger partial charge < -0.3 is 15.8 Å². The van der Waals surface area contributed by atoms with Crippen LogP contribution in [0.25, 0.3) is 0 Å². The van der Waals surface area contributed by atoms with Gasteiger partial charge in [-0.1, -0.05) is 18.2 Å². The zero-order valence-electron chi connectivity index (χ0n) is 16.3. The molecule has 4 rings (SSSR count).